The number of carbonyl (C=O) groups is 2. The van der Waals surface area contributed by atoms with Gasteiger partial charge >= 0.3 is 11.9 Å². The summed E-state index contributed by atoms with van der Waals surface area (Å²) in [7, 11) is 2.75. The van der Waals surface area contributed by atoms with Crippen molar-refractivity contribution in [2.24, 2.45) is 11.8 Å². The lowest BCUT2D eigenvalue weighted by Crippen LogP contribution is -2.52. The molecule has 128 valence electrons. The summed E-state index contributed by atoms with van der Waals surface area (Å²) in [6, 6.07) is 16.4. The number of hydrogen-bond donors (Lipinski definition) is 0. The Balaban J connectivity index is 1.92. The Hall–Kier alpha value is -2.62. The van der Waals surface area contributed by atoms with Gasteiger partial charge in [-0.3, -0.25) is 9.59 Å². The van der Waals surface area contributed by atoms with E-state index in [1.807, 2.05) is 24.3 Å². The van der Waals surface area contributed by atoms with Crippen LogP contribution in [0, 0.1) is 11.8 Å². The first-order chi connectivity index (χ1) is 12.2. The normalized spacial score (nSPS) is 26.2. The molecule has 4 nitrogen and oxygen atoms in total. The van der Waals surface area contributed by atoms with Crippen LogP contribution in [0.2, 0.25) is 0 Å². The van der Waals surface area contributed by atoms with Gasteiger partial charge in [-0.25, -0.2) is 0 Å². The van der Waals surface area contributed by atoms with Crippen molar-refractivity contribution in [3.05, 3.63) is 70.8 Å². The molecule has 0 bridgehead atoms. The van der Waals surface area contributed by atoms with Crippen LogP contribution in [0.4, 0.5) is 0 Å². The molecule has 2 aliphatic carbocycles. The van der Waals surface area contributed by atoms with Crippen molar-refractivity contribution in [2.45, 2.75) is 18.3 Å². The second kappa shape index (κ2) is 6.03. The molecule has 0 saturated heterocycles. The lowest BCUT2D eigenvalue weighted by molar-refractivity contribution is -0.168. The molecule has 1 fully saturated rings. The van der Waals surface area contributed by atoms with Crippen molar-refractivity contribution in [3.8, 4) is 0 Å². The van der Waals surface area contributed by atoms with E-state index in [2.05, 4.69) is 24.3 Å². The Morgan fingerprint density at radius 3 is 1.56 bits per heavy atom. The maximum Gasteiger partial charge on any atom is 0.310 e. The zero-order chi connectivity index (χ0) is 17.6. The molecule has 0 spiro atoms. The van der Waals surface area contributed by atoms with Gasteiger partial charge in [-0.2, -0.15) is 0 Å². The highest BCUT2D eigenvalue weighted by atomic mass is 16.5. The molecule has 4 heteroatoms. The van der Waals surface area contributed by atoms with E-state index in [0.29, 0.717) is 0 Å². The first kappa shape index (κ1) is 15.9. The molecule has 4 rings (SSSR count). The number of methoxy groups -OCH3 is 2. The second-order valence-electron chi connectivity index (χ2n) is 6.72. The SMILES string of the molecule is COC(=O)[C@H]1[C@H](C(=O)OC)[C@@H]2c3ccccc3Cc3ccccc3[C@H]12. The summed E-state index contributed by atoms with van der Waals surface area (Å²) in [5.74, 6) is -1.81. The topological polar surface area (TPSA) is 52.6 Å². The number of benzene rings is 2. The van der Waals surface area contributed by atoms with Crippen molar-refractivity contribution in [2.75, 3.05) is 14.2 Å². The minimum absolute atomic E-state index is 0.0589. The number of esters is 2. The second-order valence-corrected chi connectivity index (χ2v) is 6.72. The average molecular weight is 336 g/mol. The molecule has 0 amide bonds. The van der Waals surface area contributed by atoms with Crippen molar-refractivity contribution >= 4 is 11.9 Å². The van der Waals surface area contributed by atoms with Gasteiger partial charge in [-0.05, 0) is 28.7 Å². The van der Waals surface area contributed by atoms with Gasteiger partial charge in [0.25, 0.3) is 0 Å². The van der Waals surface area contributed by atoms with Crippen LogP contribution in [-0.4, -0.2) is 26.2 Å². The third-order valence-corrected chi connectivity index (χ3v) is 5.70. The van der Waals surface area contributed by atoms with Crippen LogP contribution < -0.4 is 0 Å². The predicted octanol–water partition coefficient (Wildman–Crippen LogP) is 3.05. The van der Waals surface area contributed by atoms with Crippen molar-refractivity contribution < 1.29 is 19.1 Å². The molecule has 0 radical (unpaired) electrons. The Morgan fingerprint density at radius 1 is 0.760 bits per heavy atom. The fourth-order valence-electron chi connectivity index (χ4n) is 4.63. The van der Waals surface area contributed by atoms with Gasteiger partial charge in [0.15, 0.2) is 0 Å². The number of carbonyl (C=O) groups excluding carboxylic acids is 2. The molecule has 25 heavy (non-hydrogen) atoms. The van der Waals surface area contributed by atoms with E-state index >= 15 is 0 Å². The maximum atomic E-state index is 12.5. The van der Waals surface area contributed by atoms with E-state index < -0.39 is 11.8 Å². The van der Waals surface area contributed by atoms with E-state index in [4.69, 9.17) is 9.47 Å². The lowest BCUT2D eigenvalue weighted by Gasteiger charge is -2.49. The van der Waals surface area contributed by atoms with E-state index in [0.717, 1.165) is 17.5 Å². The smallest absolute Gasteiger partial charge is 0.310 e. The highest BCUT2D eigenvalue weighted by Crippen LogP contribution is 2.61. The first-order valence-corrected chi connectivity index (χ1v) is 8.48. The Bertz CT molecular complexity index is 772. The van der Waals surface area contributed by atoms with Gasteiger partial charge in [0.05, 0.1) is 26.1 Å². The predicted molar refractivity (Wildman–Crippen MR) is 92.2 cm³/mol. The number of fused-ring (bicyclic) bond motifs is 5. The largest absolute Gasteiger partial charge is 0.469 e. The van der Waals surface area contributed by atoms with Gasteiger partial charge in [-0.15, -0.1) is 0 Å². The van der Waals surface area contributed by atoms with Crippen LogP contribution in [-0.2, 0) is 25.5 Å². The first-order valence-electron chi connectivity index (χ1n) is 8.48. The Kier molecular flexibility index (Phi) is 3.83. The fraction of sp³-hybridized carbons (Fsp3) is 0.333. The van der Waals surface area contributed by atoms with Gasteiger partial charge in [-0.1, -0.05) is 48.5 Å². The molecule has 1 saturated carbocycles. The number of rotatable bonds is 2. The summed E-state index contributed by atoms with van der Waals surface area (Å²) in [5, 5.41) is 0. The molecule has 0 aliphatic heterocycles. The van der Waals surface area contributed by atoms with Gasteiger partial charge in [0.1, 0.15) is 0 Å². The Labute approximate surface area is 146 Å². The molecular formula is C21H20O4. The molecule has 0 aromatic heterocycles. The molecule has 0 heterocycles. The number of ether oxygens (including phenoxy) is 2. The zero-order valence-electron chi connectivity index (χ0n) is 14.3. The van der Waals surface area contributed by atoms with E-state index in [1.165, 1.54) is 25.3 Å². The molecule has 2 aromatic carbocycles. The van der Waals surface area contributed by atoms with Gasteiger partial charge in [0, 0.05) is 11.8 Å². The molecular weight excluding hydrogens is 316 g/mol. The molecule has 4 atom stereocenters. The summed E-state index contributed by atoms with van der Waals surface area (Å²) in [4.78, 5) is 25.0. The van der Waals surface area contributed by atoms with Crippen molar-refractivity contribution in [1.29, 1.82) is 0 Å². The van der Waals surface area contributed by atoms with E-state index in [-0.39, 0.29) is 23.8 Å². The molecule has 2 aliphatic rings. The van der Waals surface area contributed by atoms with Gasteiger partial charge in [0.2, 0.25) is 0 Å². The summed E-state index contributed by atoms with van der Waals surface area (Å²) < 4.78 is 10.1. The summed E-state index contributed by atoms with van der Waals surface area (Å²) in [6.07, 6.45) is 0.807. The lowest BCUT2D eigenvalue weighted by atomic mass is 9.52. The summed E-state index contributed by atoms with van der Waals surface area (Å²) >= 11 is 0. The third kappa shape index (κ3) is 2.28. The third-order valence-electron chi connectivity index (χ3n) is 5.70. The highest BCUT2D eigenvalue weighted by Gasteiger charge is 2.60. The monoisotopic (exact) mass is 336 g/mol. The minimum Gasteiger partial charge on any atom is -0.469 e. The maximum absolute atomic E-state index is 12.5. The minimum atomic E-state index is -0.505. The Morgan fingerprint density at radius 2 is 1.16 bits per heavy atom. The van der Waals surface area contributed by atoms with Gasteiger partial charge < -0.3 is 9.47 Å². The average Bonchev–Trinajstić information content (AvgIpc) is 2.74. The van der Waals surface area contributed by atoms with Crippen molar-refractivity contribution in [3.63, 3.8) is 0 Å². The fourth-order valence-corrected chi connectivity index (χ4v) is 4.63. The van der Waals surface area contributed by atoms with E-state index in [1.54, 1.807) is 0 Å². The van der Waals surface area contributed by atoms with Crippen LogP contribution in [0.25, 0.3) is 0 Å². The van der Waals surface area contributed by atoms with Crippen LogP contribution in [0.5, 0.6) is 0 Å². The van der Waals surface area contributed by atoms with E-state index in [9.17, 15) is 9.59 Å². The molecule has 0 N–H and O–H groups in total. The van der Waals surface area contributed by atoms with Crippen LogP contribution in [0.3, 0.4) is 0 Å². The molecule has 0 unspecified atom stereocenters. The molecule has 2 aromatic rings. The quantitative estimate of drug-likeness (QED) is 0.791. The van der Waals surface area contributed by atoms with Crippen LogP contribution >= 0.6 is 0 Å². The summed E-state index contributed by atoms with van der Waals surface area (Å²) in [5.41, 5.74) is 4.69. The van der Waals surface area contributed by atoms with Crippen LogP contribution in [0.15, 0.2) is 48.5 Å². The van der Waals surface area contributed by atoms with Crippen molar-refractivity contribution in [1.82, 2.24) is 0 Å². The zero-order valence-corrected chi connectivity index (χ0v) is 14.3. The van der Waals surface area contributed by atoms with Crippen LogP contribution in [0.1, 0.15) is 34.1 Å². The highest BCUT2D eigenvalue weighted by molar-refractivity contribution is 5.87. The number of hydrogen-bond acceptors (Lipinski definition) is 4. The standard InChI is InChI=1S/C21H20O4/c1-24-20(22)18-16-14-9-5-3-7-12(14)11-13-8-4-6-10-15(13)17(16)19(18)21(23)25-2/h3-10,16-19H,11H2,1-2H3/t16-,17+,18-,19-/m1/s1. The summed E-state index contributed by atoms with van der Waals surface area (Å²) in [6.45, 7) is 0.